The molecule has 44 heavy (non-hydrogen) atoms. The number of carbonyl (C=O) groups is 1. The first-order valence-electron chi connectivity index (χ1n) is 14.9. The average Bonchev–Trinajstić information content (AvgIpc) is 3.73. The van der Waals surface area contributed by atoms with E-state index in [2.05, 4.69) is 45.4 Å². The first-order chi connectivity index (χ1) is 20.9. The summed E-state index contributed by atoms with van der Waals surface area (Å²) in [4.78, 5) is 26.0. The van der Waals surface area contributed by atoms with E-state index in [0.29, 0.717) is 39.3 Å². The molecule has 3 aliphatic rings. The Morgan fingerprint density at radius 1 is 1.14 bits per heavy atom. The Bertz CT molecular complexity index is 1830. The summed E-state index contributed by atoms with van der Waals surface area (Å²) in [7, 11) is 2.18. The highest BCUT2D eigenvalue weighted by atomic mass is 35.5. The van der Waals surface area contributed by atoms with Crippen molar-refractivity contribution < 1.29 is 18.7 Å². The van der Waals surface area contributed by atoms with Gasteiger partial charge in [0.15, 0.2) is 0 Å². The van der Waals surface area contributed by atoms with Crippen molar-refractivity contribution in [2.75, 3.05) is 37.0 Å². The third kappa shape index (κ3) is 5.02. The first kappa shape index (κ1) is 28.8. The maximum Gasteiger partial charge on any atom is 0.415 e. The molecule has 2 aromatic carbocycles. The number of fused-ring (bicyclic) bond motifs is 4. The van der Waals surface area contributed by atoms with Crippen molar-refractivity contribution in [1.82, 2.24) is 14.9 Å². The van der Waals surface area contributed by atoms with Crippen molar-refractivity contribution in [2.45, 2.75) is 58.1 Å². The third-order valence-electron chi connectivity index (χ3n) is 8.72. The molecule has 1 saturated carbocycles. The van der Waals surface area contributed by atoms with E-state index in [0.717, 1.165) is 24.2 Å². The number of pyridine rings is 2. The van der Waals surface area contributed by atoms with Gasteiger partial charge in [-0.3, -0.25) is 4.90 Å². The number of aromatic nitrogens is 2. The molecule has 228 valence electrons. The highest BCUT2D eigenvalue weighted by molar-refractivity contribution is 6.36. The molecule has 1 N–H and O–H groups in total. The lowest BCUT2D eigenvalue weighted by Gasteiger charge is -2.32. The van der Waals surface area contributed by atoms with Crippen LogP contribution in [0.2, 0.25) is 5.02 Å². The lowest BCUT2D eigenvalue weighted by molar-refractivity contribution is 0.0566. The molecular weight excluding hydrogens is 581 g/mol. The van der Waals surface area contributed by atoms with E-state index in [9.17, 15) is 4.79 Å². The largest absolute Gasteiger partial charge is 0.474 e. The number of rotatable bonds is 3. The summed E-state index contributed by atoms with van der Waals surface area (Å²) < 4.78 is 27.3. The van der Waals surface area contributed by atoms with Crippen LogP contribution in [0.5, 0.6) is 5.88 Å². The van der Waals surface area contributed by atoms with E-state index in [-0.39, 0.29) is 23.7 Å². The minimum atomic E-state index is -0.679. The summed E-state index contributed by atoms with van der Waals surface area (Å²) in [6.07, 6.45) is 5.13. The zero-order valence-electron chi connectivity index (χ0n) is 25.6. The van der Waals surface area contributed by atoms with Crippen LogP contribution in [0.25, 0.3) is 21.9 Å². The summed E-state index contributed by atoms with van der Waals surface area (Å²) in [5.41, 5.74) is 5.26. The van der Waals surface area contributed by atoms with Crippen LogP contribution in [0.3, 0.4) is 0 Å². The molecule has 7 rings (SSSR count). The van der Waals surface area contributed by atoms with Crippen LogP contribution < -0.4 is 15.0 Å². The highest BCUT2D eigenvalue weighted by Gasteiger charge is 2.48. The molecular formula is C34H35ClFN5O3. The molecule has 1 fully saturated rings. The molecule has 1 amide bonds. The predicted molar refractivity (Wildman–Crippen MR) is 171 cm³/mol. The molecule has 0 unspecified atom stereocenters. The molecule has 2 aromatic heterocycles. The second kappa shape index (κ2) is 10.3. The fraction of sp³-hybridized carbons (Fsp3) is 0.382. The lowest BCUT2D eigenvalue weighted by Crippen LogP contribution is -2.42. The van der Waals surface area contributed by atoms with E-state index in [4.69, 9.17) is 21.1 Å². The lowest BCUT2D eigenvalue weighted by atomic mass is 9.87. The maximum absolute atomic E-state index is 15.9. The van der Waals surface area contributed by atoms with Gasteiger partial charge < -0.3 is 19.7 Å². The van der Waals surface area contributed by atoms with Crippen LogP contribution in [0, 0.1) is 12.7 Å². The van der Waals surface area contributed by atoms with Gasteiger partial charge >= 0.3 is 6.09 Å². The van der Waals surface area contributed by atoms with Gasteiger partial charge in [0.2, 0.25) is 5.88 Å². The van der Waals surface area contributed by atoms with Gasteiger partial charge in [-0.1, -0.05) is 17.7 Å². The van der Waals surface area contributed by atoms with Gasteiger partial charge in [-0.15, -0.1) is 0 Å². The minimum Gasteiger partial charge on any atom is -0.474 e. The molecule has 0 bridgehead atoms. The second-order valence-electron chi connectivity index (χ2n) is 13.2. The second-order valence-corrected chi connectivity index (χ2v) is 13.6. The Morgan fingerprint density at radius 2 is 1.93 bits per heavy atom. The molecule has 0 atom stereocenters. The summed E-state index contributed by atoms with van der Waals surface area (Å²) in [6, 6.07) is 10.2. The van der Waals surface area contributed by atoms with Gasteiger partial charge in [-0.05, 0) is 93.9 Å². The standard InChI is InChI=1S/C34H35ClFN5O3/c1-19-24(15-38-31-30(19)41(10-11-43-31)32(42)44-33(2,3)4)23-13-20-14-27(37-16-25(20)28(35)29(23)36)39-22-6-7-26-21(12-22)17-40(5)18-34(26)8-9-34/h6-7,12-16H,8-11,17-18H2,1-5H3,(H,37,39). The van der Waals surface area contributed by atoms with E-state index in [1.165, 1.54) is 28.9 Å². The number of carbonyl (C=O) groups excluding carboxylic acids is 1. The Kier molecular flexibility index (Phi) is 6.75. The Hall–Kier alpha value is -3.95. The van der Waals surface area contributed by atoms with Crippen LogP contribution in [0.15, 0.2) is 42.7 Å². The number of amides is 1. The molecule has 0 saturated heterocycles. The van der Waals surface area contributed by atoms with Gasteiger partial charge in [0.1, 0.15) is 29.5 Å². The van der Waals surface area contributed by atoms with Gasteiger partial charge in [0.25, 0.3) is 0 Å². The molecule has 1 spiro atoms. The topological polar surface area (TPSA) is 79.8 Å². The summed E-state index contributed by atoms with van der Waals surface area (Å²) in [5.74, 6) is 0.344. The summed E-state index contributed by atoms with van der Waals surface area (Å²) in [6.45, 7) is 9.85. The quantitative estimate of drug-likeness (QED) is 0.252. The van der Waals surface area contributed by atoms with Crippen molar-refractivity contribution in [3.63, 3.8) is 0 Å². The number of nitrogens with zero attached hydrogens (tertiary/aromatic N) is 4. The zero-order chi connectivity index (χ0) is 31.0. The molecule has 10 heteroatoms. The Balaban J connectivity index is 1.25. The van der Waals surface area contributed by atoms with E-state index in [1.54, 1.807) is 18.5 Å². The molecule has 2 aliphatic heterocycles. The van der Waals surface area contributed by atoms with Crippen LogP contribution in [0.1, 0.15) is 50.3 Å². The number of hydrogen-bond acceptors (Lipinski definition) is 7. The van der Waals surface area contributed by atoms with Gasteiger partial charge in [-0.2, -0.15) is 0 Å². The number of halogens is 2. The molecule has 1 aliphatic carbocycles. The average molecular weight is 616 g/mol. The molecule has 4 heterocycles. The number of anilines is 3. The highest BCUT2D eigenvalue weighted by Crippen LogP contribution is 2.52. The maximum atomic E-state index is 15.9. The van der Waals surface area contributed by atoms with Crippen molar-refractivity contribution in [3.8, 4) is 17.0 Å². The number of hydrogen-bond donors (Lipinski definition) is 1. The van der Waals surface area contributed by atoms with Crippen LogP contribution in [0.4, 0.5) is 26.4 Å². The van der Waals surface area contributed by atoms with E-state index < -0.39 is 17.5 Å². The summed E-state index contributed by atoms with van der Waals surface area (Å²) >= 11 is 6.60. The normalized spacial score (nSPS) is 17.2. The number of ether oxygens (including phenoxy) is 2. The van der Waals surface area contributed by atoms with Crippen LogP contribution in [-0.2, 0) is 16.7 Å². The van der Waals surface area contributed by atoms with Crippen molar-refractivity contribution in [1.29, 1.82) is 0 Å². The molecule has 8 nitrogen and oxygen atoms in total. The minimum absolute atomic E-state index is 0.0273. The first-order valence-corrected chi connectivity index (χ1v) is 15.3. The van der Waals surface area contributed by atoms with Gasteiger partial charge in [0.05, 0.1) is 11.6 Å². The Labute approximate surface area is 261 Å². The van der Waals surface area contributed by atoms with Crippen molar-refractivity contribution in [3.05, 3.63) is 70.3 Å². The fourth-order valence-corrected chi connectivity index (χ4v) is 6.86. The van der Waals surface area contributed by atoms with Crippen molar-refractivity contribution >= 4 is 45.7 Å². The fourth-order valence-electron chi connectivity index (χ4n) is 6.60. The van der Waals surface area contributed by atoms with Crippen LogP contribution >= 0.6 is 11.6 Å². The number of likely N-dealkylation sites (N-methyl/N-ethyl adjacent to an activating group) is 1. The predicted octanol–water partition coefficient (Wildman–Crippen LogP) is 7.75. The van der Waals surface area contributed by atoms with Crippen molar-refractivity contribution in [2.24, 2.45) is 0 Å². The smallest absolute Gasteiger partial charge is 0.415 e. The van der Waals surface area contributed by atoms with E-state index in [1.807, 2.05) is 33.8 Å². The number of benzene rings is 2. The van der Waals surface area contributed by atoms with Gasteiger partial charge in [0, 0.05) is 53.1 Å². The zero-order valence-corrected chi connectivity index (χ0v) is 26.3. The Morgan fingerprint density at radius 3 is 2.68 bits per heavy atom. The monoisotopic (exact) mass is 615 g/mol. The van der Waals surface area contributed by atoms with Gasteiger partial charge in [-0.25, -0.2) is 19.2 Å². The number of nitrogens with one attached hydrogen (secondary N) is 1. The molecule has 4 aromatic rings. The summed E-state index contributed by atoms with van der Waals surface area (Å²) in [5, 5.41) is 4.63. The van der Waals surface area contributed by atoms with Crippen LogP contribution in [-0.4, -0.2) is 53.3 Å². The third-order valence-corrected chi connectivity index (χ3v) is 9.09. The SMILES string of the molecule is Cc1c(-c2cc3cc(Nc4ccc5c(c4)CN(C)CC54CC4)ncc3c(Cl)c2F)cnc2c1N(C(=O)OC(C)(C)C)CCO2. The molecule has 0 radical (unpaired) electrons. The van der Waals surface area contributed by atoms with E-state index >= 15 is 4.39 Å².